The molecule has 1 unspecified atom stereocenters. The number of hydrogen-bond donors (Lipinski definition) is 0. The molecule has 1 atom stereocenters. The van der Waals surface area contributed by atoms with Gasteiger partial charge in [0.15, 0.2) is 0 Å². The Bertz CT molecular complexity index is 527. The van der Waals surface area contributed by atoms with Gasteiger partial charge in [-0.15, -0.1) is 0 Å². The minimum absolute atomic E-state index is 0.0349. The maximum atomic E-state index is 12.4. The average Bonchev–Trinajstić information content (AvgIpc) is 2.72. The molecule has 0 aromatic heterocycles. The molecule has 0 aliphatic heterocycles. The Morgan fingerprint density at radius 3 is 2.25 bits per heavy atom. The topological polar surface area (TPSA) is 52.6 Å². The van der Waals surface area contributed by atoms with Crippen molar-refractivity contribution in [1.82, 2.24) is 0 Å². The maximum absolute atomic E-state index is 12.4. The van der Waals surface area contributed by atoms with Gasteiger partial charge in [0.1, 0.15) is 6.61 Å². The van der Waals surface area contributed by atoms with Crippen molar-refractivity contribution >= 4 is 11.9 Å². The molecule has 0 N–H and O–H groups in total. The zero-order valence-electron chi connectivity index (χ0n) is 17.8. The molecule has 0 saturated heterocycles. The first kappa shape index (κ1) is 24.2. The molecule has 0 fully saturated rings. The molecule has 0 spiro atoms. The molecule has 4 nitrogen and oxygen atoms in total. The van der Waals surface area contributed by atoms with Crippen molar-refractivity contribution in [3.05, 3.63) is 35.9 Å². The molecule has 0 aliphatic rings. The smallest absolute Gasteiger partial charge is 0.308 e. The van der Waals surface area contributed by atoms with Gasteiger partial charge >= 0.3 is 11.9 Å². The van der Waals surface area contributed by atoms with Crippen LogP contribution in [0, 0.1) is 5.92 Å². The van der Waals surface area contributed by atoms with Gasteiger partial charge in [-0.1, -0.05) is 82.7 Å². The van der Waals surface area contributed by atoms with E-state index < -0.39 is 0 Å². The number of benzene rings is 1. The molecule has 28 heavy (non-hydrogen) atoms. The van der Waals surface area contributed by atoms with Crippen molar-refractivity contribution in [3.63, 3.8) is 0 Å². The number of carbonyl (C=O) groups is 2. The highest BCUT2D eigenvalue weighted by atomic mass is 16.5. The summed E-state index contributed by atoms with van der Waals surface area (Å²) in [7, 11) is 0. The first-order valence-corrected chi connectivity index (χ1v) is 11.0. The predicted molar refractivity (Wildman–Crippen MR) is 113 cm³/mol. The number of ether oxygens (including phenoxy) is 2. The van der Waals surface area contributed by atoms with Crippen LogP contribution in [-0.2, 0) is 25.7 Å². The van der Waals surface area contributed by atoms with Gasteiger partial charge < -0.3 is 9.47 Å². The summed E-state index contributed by atoms with van der Waals surface area (Å²) in [4.78, 5) is 24.1. The van der Waals surface area contributed by atoms with Crippen LogP contribution in [0.1, 0.15) is 90.0 Å². The Kier molecular flexibility index (Phi) is 14.0. The summed E-state index contributed by atoms with van der Waals surface area (Å²) in [5, 5.41) is 0. The van der Waals surface area contributed by atoms with Crippen LogP contribution >= 0.6 is 0 Å². The molecule has 1 aromatic rings. The fourth-order valence-corrected chi connectivity index (χ4v) is 3.12. The van der Waals surface area contributed by atoms with Gasteiger partial charge in [0.25, 0.3) is 0 Å². The first-order chi connectivity index (χ1) is 13.7. The molecule has 0 aliphatic carbocycles. The normalized spacial score (nSPS) is 11.8. The molecular weight excluding hydrogens is 352 g/mol. The van der Waals surface area contributed by atoms with Crippen molar-refractivity contribution in [2.75, 3.05) is 6.61 Å². The van der Waals surface area contributed by atoms with Gasteiger partial charge in [0.05, 0.1) is 12.5 Å². The van der Waals surface area contributed by atoms with Crippen molar-refractivity contribution in [1.29, 1.82) is 0 Å². The lowest BCUT2D eigenvalue weighted by atomic mass is 9.95. The molecular formula is C24H38O4. The van der Waals surface area contributed by atoms with Crippen LogP contribution in [0.15, 0.2) is 30.3 Å². The van der Waals surface area contributed by atoms with Crippen LogP contribution in [0.5, 0.6) is 0 Å². The molecule has 1 aromatic carbocycles. The molecule has 0 radical (unpaired) electrons. The van der Waals surface area contributed by atoms with Gasteiger partial charge in [-0.25, -0.2) is 0 Å². The highest BCUT2D eigenvalue weighted by Gasteiger charge is 2.19. The molecule has 4 heteroatoms. The summed E-state index contributed by atoms with van der Waals surface area (Å²) in [6, 6.07) is 9.66. The van der Waals surface area contributed by atoms with E-state index in [1.54, 1.807) is 0 Å². The van der Waals surface area contributed by atoms with Gasteiger partial charge in [0.2, 0.25) is 0 Å². The summed E-state index contributed by atoms with van der Waals surface area (Å²) >= 11 is 0. The van der Waals surface area contributed by atoms with Crippen LogP contribution < -0.4 is 0 Å². The second-order valence-corrected chi connectivity index (χ2v) is 7.46. The van der Waals surface area contributed by atoms with Crippen LogP contribution in [0.25, 0.3) is 0 Å². The van der Waals surface area contributed by atoms with Crippen molar-refractivity contribution in [2.45, 2.75) is 91.1 Å². The number of carbonyl (C=O) groups excluding carboxylic acids is 2. The van der Waals surface area contributed by atoms with E-state index in [-0.39, 0.29) is 17.9 Å². The van der Waals surface area contributed by atoms with E-state index in [0.29, 0.717) is 32.5 Å². The highest BCUT2D eigenvalue weighted by molar-refractivity contribution is 5.72. The minimum atomic E-state index is -0.202. The van der Waals surface area contributed by atoms with Crippen molar-refractivity contribution in [2.24, 2.45) is 5.92 Å². The summed E-state index contributed by atoms with van der Waals surface area (Å²) in [5.74, 6) is -0.226. The summed E-state index contributed by atoms with van der Waals surface area (Å²) < 4.78 is 10.7. The second-order valence-electron chi connectivity index (χ2n) is 7.46. The zero-order chi connectivity index (χ0) is 20.5. The van der Waals surface area contributed by atoms with Gasteiger partial charge in [0, 0.05) is 6.42 Å². The Labute approximate surface area is 171 Å². The number of hydrogen-bond acceptors (Lipinski definition) is 4. The largest absolute Gasteiger partial charge is 0.465 e. The van der Waals surface area contributed by atoms with Gasteiger partial charge in [-0.3, -0.25) is 9.59 Å². The second kappa shape index (κ2) is 16.1. The monoisotopic (exact) mass is 390 g/mol. The van der Waals surface area contributed by atoms with Crippen LogP contribution in [-0.4, -0.2) is 18.5 Å². The van der Waals surface area contributed by atoms with Crippen molar-refractivity contribution in [3.8, 4) is 0 Å². The fourth-order valence-electron chi connectivity index (χ4n) is 3.12. The fraction of sp³-hybridized carbons (Fsp3) is 0.667. The highest BCUT2D eigenvalue weighted by Crippen LogP contribution is 2.19. The lowest BCUT2D eigenvalue weighted by Gasteiger charge is -2.15. The third-order valence-corrected chi connectivity index (χ3v) is 4.91. The molecule has 0 amide bonds. The quantitative estimate of drug-likeness (QED) is 0.248. The number of unbranched alkanes of at least 4 members (excludes halogenated alkanes) is 5. The van der Waals surface area contributed by atoms with Gasteiger partial charge in [-0.05, 0) is 31.2 Å². The van der Waals surface area contributed by atoms with Crippen LogP contribution in [0.2, 0.25) is 0 Å². The van der Waals surface area contributed by atoms with E-state index in [4.69, 9.17) is 9.47 Å². The van der Waals surface area contributed by atoms with Gasteiger partial charge in [-0.2, -0.15) is 0 Å². The van der Waals surface area contributed by atoms with E-state index in [1.165, 1.54) is 19.3 Å². The average molecular weight is 391 g/mol. The summed E-state index contributed by atoms with van der Waals surface area (Å²) in [5.41, 5.74) is 0.988. The molecule has 158 valence electrons. The standard InChI is InChI=1S/C24H38O4/c1-3-5-7-11-17-22(16-6-4-2)24(26)27-19-13-12-18-23(25)28-20-21-14-9-8-10-15-21/h8-10,14-15,22H,3-7,11-13,16-20H2,1-2H3. The maximum Gasteiger partial charge on any atom is 0.308 e. The Balaban J connectivity index is 2.15. The Morgan fingerprint density at radius 1 is 0.821 bits per heavy atom. The van der Waals surface area contributed by atoms with Crippen LogP contribution in [0.4, 0.5) is 0 Å². The van der Waals surface area contributed by atoms with Crippen molar-refractivity contribution < 1.29 is 19.1 Å². The first-order valence-electron chi connectivity index (χ1n) is 11.0. The lowest BCUT2D eigenvalue weighted by Crippen LogP contribution is -2.18. The number of esters is 2. The minimum Gasteiger partial charge on any atom is -0.465 e. The van der Waals surface area contributed by atoms with Crippen LogP contribution in [0.3, 0.4) is 0 Å². The predicted octanol–water partition coefficient (Wildman–Crippen LogP) is 6.22. The van der Waals surface area contributed by atoms with E-state index in [0.717, 1.165) is 37.7 Å². The number of rotatable bonds is 16. The zero-order valence-corrected chi connectivity index (χ0v) is 17.8. The Hall–Kier alpha value is -1.84. The van der Waals surface area contributed by atoms with E-state index in [1.807, 2.05) is 30.3 Å². The third-order valence-electron chi connectivity index (χ3n) is 4.91. The SMILES string of the molecule is CCCCCCC(CCCC)C(=O)OCCCCC(=O)OCc1ccccc1. The Morgan fingerprint density at radius 2 is 1.54 bits per heavy atom. The van der Waals surface area contributed by atoms with E-state index in [9.17, 15) is 9.59 Å². The molecule has 0 bridgehead atoms. The molecule has 0 saturated carbocycles. The van der Waals surface area contributed by atoms with E-state index in [2.05, 4.69) is 13.8 Å². The molecule has 1 rings (SSSR count). The molecule has 0 heterocycles. The lowest BCUT2D eigenvalue weighted by molar-refractivity contribution is -0.149. The third kappa shape index (κ3) is 11.8. The summed E-state index contributed by atoms with van der Waals surface area (Å²) in [6.45, 7) is 5.05. The summed E-state index contributed by atoms with van der Waals surface area (Å²) in [6.07, 6.45) is 10.5. The van der Waals surface area contributed by atoms with E-state index >= 15 is 0 Å².